The minimum absolute atomic E-state index is 0.143. The van der Waals surface area contributed by atoms with Crippen molar-refractivity contribution in [2.24, 2.45) is 0 Å². The zero-order valence-corrected chi connectivity index (χ0v) is 9.30. The molecule has 0 saturated carbocycles. The zero-order valence-electron chi connectivity index (χ0n) is 9.30. The Bertz CT molecular complexity index is 254. The number of hydrogen-bond donors (Lipinski definition) is 2. The third kappa shape index (κ3) is 3.79. The van der Waals surface area contributed by atoms with Gasteiger partial charge >= 0.3 is 0 Å². The fourth-order valence-corrected chi connectivity index (χ4v) is 1.42. The summed E-state index contributed by atoms with van der Waals surface area (Å²) in [4.78, 5) is 0. The van der Waals surface area contributed by atoms with Gasteiger partial charge in [0.15, 0.2) is 0 Å². The van der Waals surface area contributed by atoms with Crippen molar-refractivity contribution in [2.45, 2.75) is 26.3 Å². The van der Waals surface area contributed by atoms with E-state index >= 15 is 0 Å². The van der Waals surface area contributed by atoms with E-state index in [2.05, 4.69) is 43.5 Å². The Balaban J connectivity index is 2.40. The molecular formula is C12H20N2. The van der Waals surface area contributed by atoms with E-state index in [0.29, 0.717) is 0 Å². The van der Waals surface area contributed by atoms with Gasteiger partial charge in [-0.25, -0.2) is 0 Å². The quantitative estimate of drug-likeness (QED) is 0.749. The fourth-order valence-electron chi connectivity index (χ4n) is 1.42. The Morgan fingerprint density at radius 1 is 1.14 bits per heavy atom. The number of hydrogen-bond acceptors (Lipinski definition) is 2. The molecule has 0 fully saturated rings. The van der Waals surface area contributed by atoms with Crippen molar-refractivity contribution < 1.29 is 0 Å². The molecule has 0 aliphatic heterocycles. The minimum atomic E-state index is 0.143. The molecule has 78 valence electrons. The highest BCUT2D eigenvalue weighted by Crippen LogP contribution is 2.08. The number of rotatable bonds is 5. The zero-order chi connectivity index (χ0) is 10.4. The lowest BCUT2D eigenvalue weighted by Gasteiger charge is -2.26. The maximum Gasteiger partial charge on any atom is 0.0340 e. The van der Waals surface area contributed by atoms with Gasteiger partial charge in [0.05, 0.1) is 0 Å². The summed E-state index contributed by atoms with van der Waals surface area (Å²) in [5.41, 5.74) is 1.32. The third-order valence-electron chi connectivity index (χ3n) is 2.16. The van der Waals surface area contributed by atoms with Crippen LogP contribution >= 0.6 is 0 Å². The van der Waals surface area contributed by atoms with Crippen LogP contribution in [0.3, 0.4) is 0 Å². The van der Waals surface area contributed by atoms with Gasteiger partial charge in [0.25, 0.3) is 0 Å². The normalized spacial score (nSPS) is 11.4. The van der Waals surface area contributed by atoms with Gasteiger partial charge in [0.2, 0.25) is 0 Å². The number of nitrogens with one attached hydrogen (secondary N) is 2. The van der Waals surface area contributed by atoms with Crippen molar-refractivity contribution in [3.05, 3.63) is 30.3 Å². The molecular weight excluding hydrogens is 172 g/mol. The Kier molecular flexibility index (Phi) is 3.96. The van der Waals surface area contributed by atoms with E-state index < -0.39 is 0 Å². The second-order valence-electron chi connectivity index (χ2n) is 4.13. The van der Waals surface area contributed by atoms with Crippen molar-refractivity contribution in [1.82, 2.24) is 5.32 Å². The van der Waals surface area contributed by atoms with Crippen LogP contribution in [0.4, 0.5) is 5.69 Å². The number of benzene rings is 1. The summed E-state index contributed by atoms with van der Waals surface area (Å²) in [6.07, 6.45) is 0. The summed E-state index contributed by atoms with van der Waals surface area (Å²) in [6.45, 7) is 8.47. The molecule has 2 nitrogen and oxygen atoms in total. The van der Waals surface area contributed by atoms with E-state index in [1.165, 1.54) is 5.69 Å². The molecule has 0 aliphatic carbocycles. The van der Waals surface area contributed by atoms with E-state index in [1.54, 1.807) is 0 Å². The smallest absolute Gasteiger partial charge is 0.0340 e. The summed E-state index contributed by atoms with van der Waals surface area (Å²) in [5, 5.41) is 6.84. The second kappa shape index (κ2) is 5.01. The topological polar surface area (TPSA) is 24.1 Å². The largest absolute Gasteiger partial charge is 0.383 e. The molecule has 0 saturated heterocycles. The van der Waals surface area contributed by atoms with Gasteiger partial charge in [-0.1, -0.05) is 25.1 Å². The molecule has 1 aromatic carbocycles. The van der Waals surface area contributed by atoms with Crippen LogP contribution in [-0.4, -0.2) is 18.6 Å². The van der Waals surface area contributed by atoms with Crippen LogP contribution < -0.4 is 10.6 Å². The van der Waals surface area contributed by atoms with Crippen LogP contribution in [0.25, 0.3) is 0 Å². The average Bonchev–Trinajstić information content (AvgIpc) is 2.17. The Labute approximate surface area is 86.7 Å². The van der Waals surface area contributed by atoms with E-state index in [1.807, 2.05) is 18.2 Å². The first-order chi connectivity index (χ1) is 6.64. The van der Waals surface area contributed by atoms with Crippen molar-refractivity contribution in [1.29, 1.82) is 0 Å². The van der Waals surface area contributed by atoms with Crippen LogP contribution in [0.5, 0.6) is 0 Å². The molecule has 0 bridgehead atoms. The Hall–Kier alpha value is -1.02. The number of para-hydroxylation sites is 1. The summed E-state index contributed by atoms with van der Waals surface area (Å²) in [6, 6.07) is 10.3. The summed E-state index contributed by atoms with van der Waals surface area (Å²) >= 11 is 0. The summed E-state index contributed by atoms with van der Waals surface area (Å²) in [5.74, 6) is 0. The van der Waals surface area contributed by atoms with Crippen molar-refractivity contribution in [3.63, 3.8) is 0 Å². The minimum Gasteiger partial charge on any atom is -0.383 e. The molecule has 0 unspecified atom stereocenters. The van der Waals surface area contributed by atoms with E-state index in [9.17, 15) is 0 Å². The first-order valence-corrected chi connectivity index (χ1v) is 5.18. The molecule has 0 aliphatic rings. The maximum atomic E-state index is 3.43. The fraction of sp³-hybridized carbons (Fsp3) is 0.500. The highest BCUT2D eigenvalue weighted by molar-refractivity contribution is 5.42. The van der Waals surface area contributed by atoms with Gasteiger partial charge in [-0.3, -0.25) is 0 Å². The molecule has 0 atom stereocenters. The number of anilines is 1. The lowest BCUT2D eigenvalue weighted by atomic mass is 10.1. The summed E-state index contributed by atoms with van der Waals surface area (Å²) in [7, 11) is 0. The van der Waals surface area contributed by atoms with Crippen molar-refractivity contribution >= 4 is 5.69 Å². The van der Waals surface area contributed by atoms with Crippen LogP contribution in [0, 0.1) is 0 Å². The molecule has 14 heavy (non-hydrogen) atoms. The molecule has 0 aromatic heterocycles. The predicted molar refractivity (Wildman–Crippen MR) is 62.7 cm³/mol. The molecule has 0 spiro atoms. The molecule has 1 rings (SSSR count). The average molecular weight is 192 g/mol. The second-order valence-corrected chi connectivity index (χ2v) is 4.13. The van der Waals surface area contributed by atoms with Gasteiger partial charge in [0, 0.05) is 17.8 Å². The first-order valence-electron chi connectivity index (χ1n) is 5.18. The van der Waals surface area contributed by atoms with Crippen molar-refractivity contribution in [2.75, 3.05) is 18.4 Å². The molecule has 0 heterocycles. The van der Waals surface area contributed by atoms with Gasteiger partial charge in [0.1, 0.15) is 0 Å². The van der Waals surface area contributed by atoms with Gasteiger partial charge in [-0.05, 0) is 32.5 Å². The molecule has 0 amide bonds. The van der Waals surface area contributed by atoms with Crippen LogP contribution in [0.15, 0.2) is 30.3 Å². The maximum absolute atomic E-state index is 3.43. The number of likely N-dealkylation sites (N-methyl/N-ethyl adjacent to an activating group) is 1. The van der Waals surface area contributed by atoms with E-state index in [4.69, 9.17) is 0 Å². The molecule has 2 N–H and O–H groups in total. The van der Waals surface area contributed by atoms with Crippen LogP contribution in [0.1, 0.15) is 20.8 Å². The lowest BCUT2D eigenvalue weighted by Crippen LogP contribution is -2.45. The third-order valence-corrected chi connectivity index (χ3v) is 2.16. The highest BCUT2D eigenvalue weighted by Gasteiger charge is 2.14. The standard InChI is InChI=1S/C12H20N2/c1-4-14-12(2,3)10-13-11-8-6-5-7-9-11/h5-9,13-14H,4,10H2,1-3H3. The SMILES string of the molecule is CCNC(C)(C)CNc1ccccc1. The molecule has 0 radical (unpaired) electrons. The molecule has 2 heteroatoms. The van der Waals surface area contributed by atoms with E-state index in [-0.39, 0.29) is 5.54 Å². The first kappa shape index (κ1) is 11.1. The Morgan fingerprint density at radius 2 is 1.79 bits per heavy atom. The monoisotopic (exact) mass is 192 g/mol. The summed E-state index contributed by atoms with van der Waals surface area (Å²) < 4.78 is 0. The van der Waals surface area contributed by atoms with Crippen LogP contribution in [0.2, 0.25) is 0 Å². The van der Waals surface area contributed by atoms with Gasteiger partial charge in [-0.2, -0.15) is 0 Å². The molecule has 1 aromatic rings. The lowest BCUT2D eigenvalue weighted by molar-refractivity contribution is 0.421. The van der Waals surface area contributed by atoms with E-state index in [0.717, 1.165) is 13.1 Å². The predicted octanol–water partition coefficient (Wildman–Crippen LogP) is 2.49. The van der Waals surface area contributed by atoms with Gasteiger partial charge < -0.3 is 10.6 Å². The highest BCUT2D eigenvalue weighted by atomic mass is 15.0. The van der Waals surface area contributed by atoms with Crippen molar-refractivity contribution in [3.8, 4) is 0 Å². The van der Waals surface area contributed by atoms with Gasteiger partial charge in [-0.15, -0.1) is 0 Å². The Morgan fingerprint density at radius 3 is 2.36 bits per heavy atom. The van der Waals surface area contributed by atoms with Crippen LogP contribution in [-0.2, 0) is 0 Å².